The normalized spacial score (nSPS) is 11.7. The monoisotopic (exact) mass is 350 g/mol. The first kappa shape index (κ1) is 16.0. The van der Waals surface area contributed by atoms with E-state index in [1.165, 1.54) is 12.1 Å². The third-order valence-electron chi connectivity index (χ3n) is 4.01. The Kier molecular flexibility index (Phi) is 4.18. The molecule has 0 spiro atoms. The fourth-order valence-electron chi connectivity index (χ4n) is 2.74. The van der Waals surface area contributed by atoms with Gasteiger partial charge in [-0.25, -0.2) is 9.18 Å². The number of urea groups is 1. The molecule has 0 saturated heterocycles. The lowest BCUT2D eigenvalue weighted by Gasteiger charge is -2.20. The van der Waals surface area contributed by atoms with E-state index in [2.05, 4.69) is 20.6 Å². The van der Waals surface area contributed by atoms with Crippen molar-refractivity contribution in [3.05, 3.63) is 71.9 Å². The molecule has 130 valence electrons. The van der Waals surface area contributed by atoms with Gasteiger partial charge in [0.15, 0.2) is 0 Å². The summed E-state index contributed by atoms with van der Waals surface area (Å²) in [5.74, 6) is 0.392. The molecule has 3 aromatic rings. The molecule has 2 aromatic heterocycles. The number of fused-ring (bicyclic) bond motifs is 3. The lowest BCUT2D eigenvalue weighted by molar-refractivity contribution is 0.251. The number of amides is 2. The molecule has 4 rings (SSSR count). The average molecular weight is 350 g/mol. The van der Waals surface area contributed by atoms with Gasteiger partial charge in [-0.15, -0.1) is 0 Å². The maximum Gasteiger partial charge on any atom is 0.319 e. The van der Waals surface area contributed by atoms with Gasteiger partial charge in [0.05, 0.1) is 23.8 Å². The second-order valence-corrected chi connectivity index (χ2v) is 5.83. The van der Waals surface area contributed by atoms with Crippen molar-refractivity contribution in [3.63, 3.8) is 0 Å². The molecular weight excluding hydrogens is 335 g/mol. The molecule has 0 atom stereocenters. The van der Waals surface area contributed by atoms with Crippen LogP contribution in [0, 0.1) is 5.82 Å². The highest BCUT2D eigenvalue weighted by atomic mass is 19.1. The van der Waals surface area contributed by atoms with Gasteiger partial charge in [0.1, 0.15) is 18.2 Å². The van der Waals surface area contributed by atoms with Crippen LogP contribution in [0.25, 0.3) is 11.3 Å². The number of hydrogen-bond donors (Lipinski definition) is 2. The van der Waals surface area contributed by atoms with Gasteiger partial charge in [-0.05, 0) is 29.8 Å². The SMILES string of the molecule is O=C(NCc1ccc(F)cc1)Nc1cnc2c(c1)COc1cnccc1-2. The molecule has 2 amide bonds. The van der Waals surface area contributed by atoms with Crippen LogP contribution >= 0.6 is 0 Å². The van der Waals surface area contributed by atoms with E-state index in [9.17, 15) is 9.18 Å². The zero-order valence-corrected chi connectivity index (χ0v) is 13.7. The first-order chi connectivity index (χ1) is 12.7. The lowest BCUT2D eigenvalue weighted by atomic mass is 10.0. The second-order valence-electron chi connectivity index (χ2n) is 5.83. The summed E-state index contributed by atoms with van der Waals surface area (Å²) in [6.45, 7) is 0.668. The third kappa shape index (κ3) is 3.32. The van der Waals surface area contributed by atoms with Crippen LogP contribution in [0.3, 0.4) is 0 Å². The number of hydrogen-bond acceptors (Lipinski definition) is 4. The van der Waals surface area contributed by atoms with E-state index in [-0.39, 0.29) is 11.8 Å². The van der Waals surface area contributed by atoms with Gasteiger partial charge in [-0.1, -0.05) is 12.1 Å². The fraction of sp³-hybridized carbons (Fsp3) is 0.105. The van der Waals surface area contributed by atoms with Crippen LogP contribution in [0.15, 0.2) is 55.0 Å². The van der Waals surface area contributed by atoms with Crippen LogP contribution in [0.1, 0.15) is 11.1 Å². The van der Waals surface area contributed by atoms with Crippen molar-refractivity contribution < 1.29 is 13.9 Å². The van der Waals surface area contributed by atoms with Gasteiger partial charge in [-0.2, -0.15) is 0 Å². The number of carbonyl (C=O) groups is 1. The van der Waals surface area contributed by atoms with Crippen molar-refractivity contribution in [2.45, 2.75) is 13.2 Å². The molecule has 26 heavy (non-hydrogen) atoms. The van der Waals surface area contributed by atoms with Crippen LogP contribution in [0.5, 0.6) is 5.75 Å². The third-order valence-corrected chi connectivity index (χ3v) is 4.01. The van der Waals surface area contributed by atoms with Gasteiger partial charge in [0.25, 0.3) is 0 Å². The molecule has 0 fully saturated rings. The van der Waals surface area contributed by atoms with E-state index in [1.54, 1.807) is 30.7 Å². The number of pyridine rings is 2. The smallest absolute Gasteiger partial charge is 0.319 e. The number of carbonyl (C=O) groups excluding carboxylic acids is 1. The van der Waals surface area contributed by atoms with Crippen LogP contribution in [-0.4, -0.2) is 16.0 Å². The number of rotatable bonds is 3. The molecule has 0 radical (unpaired) electrons. The number of halogens is 1. The van der Waals surface area contributed by atoms with Crippen LogP contribution in [0.4, 0.5) is 14.9 Å². The molecule has 1 aliphatic rings. The summed E-state index contributed by atoms with van der Waals surface area (Å²) in [4.78, 5) is 20.5. The summed E-state index contributed by atoms with van der Waals surface area (Å²) in [5.41, 5.74) is 3.98. The van der Waals surface area contributed by atoms with Crippen molar-refractivity contribution in [1.82, 2.24) is 15.3 Å². The molecule has 3 heterocycles. The summed E-state index contributed by atoms with van der Waals surface area (Å²) in [6.07, 6.45) is 4.95. The van der Waals surface area contributed by atoms with Gasteiger partial charge in [0.2, 0.25) is 0 Å². The Morgan fingerprint density at radius 2 is 2.04 bits per heavy atom. The number of nitrogens with zero attached hydrogens (tertiary/aromatic N) is 2. The predicted molar refractivity (Wildman–Crippen MR) is 94.1 cm³/mol. The number of anilines is 1. The Morgan fingerprint density at radius 3 is 2.88 bits per heavy atom. The molecule has 7 heteroatoms. The van der Waals surface area contributed by atoms with Gasteiger partial charge in [0, 0.05) is 23.9 Å². The number of ether oxygens (including phenoxy) is 1. The van der Waals surface area contributed by atoms with Crippen molar-refractivity contribution in [1.29, 1.82) is 0 Å². The minimum atomic E-state index is -0.364. The molecule has 0 unspecified atom stereocenters. The number of benzene rings is 1. The zero-order valence-electron chi connectivity index (χ0n) is 13.7. The lowest BCUT2D eigenvalue weighted by Crippen LogP contribution is -2.28. The van der Waals surface area contributed by atoms with Crippen molar-refractivity contribution in [2.75, 3.05) is 5.32 Å². The summed E-state index contributed by atoms with van der Waals surface area (Å²) >= 11 is 0. The molecule has 6 nitrogen and oxygen atoms in total. The average Bonchev–Trinajstić information content (AvgIpc) is 2.67. The Balaban J connectivity index is 1.43. The molecule has 1 aromatic carbocycles. The van der Waals surface area contributed by atoms with Crippen LogP contribution in [-0.2, 0) is 13.2 Å². The quantitative estimate of drug-likeness (QED) is 0.758. The molecule has 2 N–H and O–H groups in total. The highest BCUT2D eigenvalue weighted by molar-refractivity contribution is 5.89. The van der Waals surface area contributed by atoms with Crippen molar-refractivity contribution in [2.24, 2.45) is 0 Å². The molecule has 0 saturated carbocycles. The summed E-state index contributed by atoms with van der Waals surface area (Å²) in [6, 6.07) is 9.29. The largest absolute Gasteiger partial charge is 0.486 e. The second kappa shape index (κ2) is 6.79. The topological polar surface area (TPSA) is 76.1 Å². The minimum Gasteiger partial charge on any atom is -0.486 e. The first-order valence-electron chi connectivity index (χ1n) is 8.04. The zero-order chi connectivity index (χ0) is 17.9. The minimum absolute atomic E-state index is 0.300. The molecule has 0 bridgehead atoms. The number of nitrogens with one attached hydrogen (secondary N) is 2. The van der Waals surface area contributed by atoms with E-state index >= 15 is 0 Å². The highest BCUT2D eigenvalue weighted by Crippen LogP contribution is 2.35. The Labute approximate surface area is 149 Å². The van der Waals surface area contributed by atoms with E-state index in [0.717, 1.165) is 22.4 Å². The molecule has 1 aliphatic heterocycles. The van der Waals surface area contributed by atoms with E-state index < -0.39 is 0 Å². The summed E-state index contributed by atoms with van der Waals surface area (Å²) in [5, 5.41) is 5.47. The number of aromatic nitrogens is 2. The summed E-state index contributed by atoms with van der Waals surface area (Å²) < 4.78 is 18.5. The van der Waals surface area contributed by atoms with E-state index in [0.29, 0.717) is 24.6 Å². The van der Waals surface area contributed by atoms with Gasteiger partial charge in [-0.3, -0.25) is 9.97 Å². The molecule has 0 aliphatic carbocycles. The predicted octanol–water partition coefficient (Wildman–Crippen LogP) is 3.50. The van der Waals surface area contributed by atoms with Crippen LogP contribution < -0.4 is 15.4 Å². The van der Waals surface area contributed by atoms with E-state index in [1.807, 2.05) is 12.1 Å². The molecular formula is C19H15FN4O2. The fourth-order valence-corrected chi connectivity index (χ4v) is 2.74. The summed E-state index contributed by atoms with van der Waals surface area (Å²) in [7, 11) is 0. The highest BCUT2D eigenvalue weighted by Gasteiger charge is 2.19. The Morgan fingerprint density at radius 1 is 1.19 bits per heavy atom. The standard InChI is InChI=1S/C19H15FN4O2/c20-14-3-1-12(2-4-14)8-23-19(25)24-15-7-13-11-26-17-10-21-6-5-16(17)18(13)22-9-15/h1-7,9-10H,8,11H2,(H2,23,24,25). The van der Waals surface area contributed by atoms with Crippen molar-refractivity contribution in [3.8, 4) is 17.0 Å². The van der Waals surface area contributed by atoms with Crippen molar-refractivity contribution >= 4 is 11.7 Å². The maximum atomic E-state index is 12.9. The Hall–Kier alpha value is -3.48. The van der Waals surface area contributed by atoms with Gasteiger partial charge >= 0.3 is 6.03 Å². The Bertz CT molecular complexity index is 960. The first-order valence-corrected chi connectivity index (χ1v) is 8.04. The van der Waals surface area contributed by atoms with Gasteiger partial charge < -0.3 is 15.4 Å². The maximum absolute atomic E-state index is 12.9. The van der Waals surface area contributed by atoms with E-state index in [4.69, 9.17) is 4.74 Å². The van der Waals surface area contributed by atoms with Crippen LogP contribution in [0.2, 0.25) is 0 Å².